The van der Waals surface area contributed by atoms with E-state index in [-0.39, 0.29) is 11.6 Å². The Morgan fingerprint density at radius 1 is 1.00 bits per heavy atom. The maximum absolute atomic E-state index is 11.0. The van der Waals surface area contributed by atoms with E-state index in [1.807, 2.05) is 0 Å². The van der Waals surface area contributed by atoms with Gasteiger partial charge in [0.05, 0.1) is 0 Å². The Balaban J connectivity index is 2.40. The van der Waals surface area contributed by atoms with Gasteiger partial charge in [0.15, 0.2) is 0 Å². The summed E-state index contributed by atoms with van der Waals surface area (Å²) in [5.41, 5.74) is -0.253. The van der Waals surface area contributed by atoms with Gasteiger partial charge in [-0.3, -0.25) is 14.6 Å². The Morgan fingerprint density at radius 3 is 2.20 bits per heavy atom. The lowest BCUT2D eigenvalue weighted by molar-refractivity contribution is -0.150. The van der Waals surface area contributed by atoms with E-state index in [9.17, 15) is 9.59 Å². The molecule has 0 saturated carbocycles. The number of aromatic nitrogens is 2. The fourth-order valence-electron chi connectivity index (χ4n) is 1.55. The predicted octanol–water partition coefficient (Wildman–Crippen LogP) is 1.52. The maximum atomic E-state index is 11.0. The first-order chi connectivity index (χ1) is 9.59. The van der Waals surface area contributed by atoms with Gasteiger partial charge in [-0.1, -0.05) is 18.2 Å². The lowest BCUT2D eigenvalue weighted by Gasteiger charge is -2.11. The summed E-state index contributed by atoms with van der Waals surface area (Å²) in [6.07, 6.45) is 2.51. The van der Waals surface area contributed by atoms with Crippen molar-refractivity contribution < 1.29 is 24.5 Å². The summed E-state index contributed by atoms with van der Waals surface area (Å²) in [7, 11) is 0. The van der Waals surface area contributed by atoms with Crippen molar-refractivity contribution in [1.82, 2.24) is 9.97 Å². The molecule has 0 spiro atoms. The number of ether oxygens (including phenoxy) is 1. The SMILES string of the molecule is O=C(O)C(C(=O)O)c1nccnc1Oc1ccccc1. The van der Waals surface area contributed by atoms with Crippen LogP contribution in [0.15, 0.2) is 42.7 Å². The van der Waals surface area contributed by atoms with E-state index in [1.165, 1.54) is 12.4 Å². The summed E-state index contributed by atoms with van der Waals surface area (Å²) >= 11 is 0. The largest absolute Gasteiger partial charge is 0.480 e. The zero-order chi connectivity index (χ0) is 14.5. The van der Waals surface area contributed by atoms with Crippen molar-refractivity contribution in [3.63, 3.8) is 0 Å². The Kier molecular flexibility index (Phi) is 3.90. The smallest absolute Gasteiger partial charge is 0.324 e. The molecule has 0 aliphatic heterocycles. The van der Waals surface area contributed by atoms with Crippen LogP contribution in [0.2, 0.25) is 0 Å². The maximum Gasteiger partial charge on any atom is 0.324 e. The highest BCUT2D eigenvalue weighted by molar-refractivity contribution is 5.99. The molecule has 2 aromatic rings. The number of aliphatic carboxylic acids is 2. The number of carboxylic acid groups (broad SMARTS) is 2. The molecule has 2 N–H and O–H groups in total. The number of carboxylic acids is 2. The van der Waals surface area contributed by atoms with Gasteiger partial charge in [-0.15, -0.1) is 0 Å². The van der Waals surface area contributed by atoms with Crippen LogP contribution in [0.25, 0.3) is 0 Å². The van der Waals surface area contributed by atoms with E-state index in [4.69, 9.17) is 14.9 Å². The molecule has 1 heterocycles. The molecule has 7 heteroatoms. The molecule has 0 aliphatic rings. The molecule has 2 rings (SSSR count). The monoisotopic (exact) mass is 274 g/mol. The fraction of sp³-hybridized carbons (Fsp3) is 0.0769. The van der Waals surface area contributed by atoms with E-state index in [2.05, 4.69) is 9.97 Å². The van der Waals surface area contributed by atoms with E-state index in [0.29, 0.717) is 5.75 Å². The molecule has 1 aromatic heterocycles. The summed E-state index contributed by atoms with van der Waals surface area (Å²) < 4.78 is 5.39. The van der Waals surface area contributed by atoms with Crippen LogP contribution in [0.5, 0.6) is 11.6 Å². The van der Waals surface area contributed by atoms with Crippen LogP contribution in [-0.2, 0) is 9.59 Å². The minimum absolute atomic E-state index is 0.145. The van der Waals surface area contributed by atoms with E-state index in [0.717, 1.165) is 0 Å². The first-order valence-electron chi connectivity index (χ1n) is 5.59. The van der Waals surface area contributed by atoms with E-state index < -0.39 is 17.9 Å². The van der Waals surface area contributed by atoms with Gasteiger partial charge in [-0.05, 0) is 12.1 Å². The molecule has 0 atom stereocenters. The minimum Gasteiger partial charge on any atom is -0.480 e. The second-order valence-corrected chi connectivity index (χ2v) is 3.77. The molecular formula is C13H10N2O5. The number of rotatable bonds is 5. The normalized spacial score (nSPS) is 10.2. The van der Waals surface area contributed by atoms with Gasteiger partial charge in [0, 0.05) is 12.4 Å². The molecule has 0 saturated heterocycles. The molecule has 1 aromatic carbocycles. The Hall–Kier alpha value is -2.96. The van der Waals surface area contributed by atoms with Gasteiger partial charge in [0.25, 0.3) is 0 Å². The summed E-state index contributed by atoms with van der Waals surface area (Å²) in [5, 5.41) is 18.0. The average Bonchev–Trinajstić information content (AvgIpc) is 2.41. The Bertz CT molecular complexity index is 616. The number of carbonyl (C=O) groups is 2. The number of benzene rings is 1. The average molecular weight is 274 g/mol. The molecule has 0 bridgehead atoms. The lowest BCUT2D eigenvalue weighted by Crippen LogP contribution is -2.23. The third kappa shape index (κ3) is 2.89. The van der Waals surface area contributed by atoms with Crippen molar-refractivity contribution in [2.45, 2.75) is 5.92 Å². The highest BCUT2D eigenvalue weighted by Crippen LogP contribution is 2.27. The third-order valence-electron chi connectivity index (χ3n) is 2.42. The van der Waals surface area contributed by atoms with Crippen LogP contribution in [0.3, 0.4) is 0 Å². The minimum atomic E-state index is -1.83. The van der Waals surface area contributed by atoms with Crippen LogP contribution in [0, 0.1) is 0 Å². The molecular weight excluding hydrogens is 264 g/mol. The second-order valence-electron chi connectivity index (χ2n) is 3.77. The van der Waals surface area contributed by atoms with Crippen LogP contribution < -0.4 is 4.74 Å². The Labute approximate surface area is 113 Å². The molecule has 0 fully saturated rings. The molecule has 20 heavy (non-hydrogen) atoms. The number of nitrogens with zero attached hydrogens (tertiary/aromatic N) is 2. The first kappa shape index (κ1) is 13.5. The summed E-state index contributed by atoms with van der Waals surface area (Å²) in [5.74, 6) is -4.63. The van der Waals surface area contributed by atoms with Gasteiger partial charge in [-0.2, -0.15) is 0 Å². The van der Waals surface area contributed by atoms with Crippen molar-refractivity contribution in [1.29, 1.82) is 0 Å². The van der Waals surface area contributed by atoms with Crippen molar-refractivity contribution in [2.24, 2.45) is 0 Å². The topological polar surface area (TPSA) is 110 Å². The lowest BCUT2D eigenvalue weighted by atomic mass is 10.1. The van der Waals surface area contributed by atoms with E-state index in [1.54, 1.807) is 30.3 Å². The predicted molar refractivity (Wildman–Crippen MR) is 66.6 cm³/mol. The molecule has 7 nitrogen and oxygen atoms in total. The fourth-order valence-corrected chi connectivity index (χ4v) is 1.55. The molecule has 0 aliphatic carbocycles. The quantitative estimate of drug-likeness (QED) is 0.795. The van der Waals surface area contributed by atoms with Crippen molar-refractivity contribution in [3.05, 3.63) is 48.4 Å². The third-order valence-corrected chi connectivity index (χ3v) is 2.42. The number of para-hydroxylation sites is 1. The van der Waals surface area contributed by atoms with Gasteiger partial charge in [-0.25, -0.2) is 4.98 Å². The van der Waals surface area contributed by atoms with Crippen LogP contribution >= 0.6 is 0 Å². The number of hydrogen-bond acceptors (Lipinski definition) is 5. The summed E-state index contributed by atoms with van der Waals surface area (Å²) in [4.78, 5) is 29.7. The highest BCUT2D eigenvalue weighted by atomic mass is 16.5. The van der Waals surface area contributed by atoms with Crippen molar-refractivity contribution >= 4 is 11.9 Å². The number of hydrogen-bond donors (Lipinski definition) is 2. The van der Waals surface area contributed by atoms with Crippen LogP contribution in [-0.4, -0.2) is 32.1 Å². The van der Waals surface area contributed by atoms with Crippen molar-refractivity contribution in [3.8, 4) is 11.6 Å². The van der Waals surface area contributed by atoms with Gasteiger partial charge in [0.1, 0.15) is 11.4 Å². The van der Waals surface area contributed by atoms with Crippen molar-refractivity contribution in [2.75, 3.05) is 0 Å². The first-order valence-corrected chi connectivity index (χ1v) is 5.59. The zero-order valence-corrected chi connectivity index (χ0v) is 10.1. The molecule has 0 unspecified atom stereocenters. The van der Waals surface area contributed by atoms with Gasteiger partial charge in [0.2, 0.25) is 11.8 Å². The highest BCUT2D eigenvalue weighted by Gasteiger charge is 2.33. The standard InChI is InChI=1S/C13H10N2O5/c16-12(17)9(13(18)19)10-11(15-7-6-14-10)20-8-4-2-1-3-5-8/h1-7,9H,(H,16,17)(H,18,19). The molecule has 0 amide bonds. The van der Waals surface area contributed by atoms with Crippen LogP contribution in [0.4, 0.5) is 0 Å². The van der Waals surface area contributed by atoms with Gasteiger partial charge < -0.3 is 14.9 Å². The second kappa shape index (κ2) is 5.79. The summed E-state index contributed by atoms with van der Waals surface area (Å²) in [6.45, 7) is 0. The molecule has 102 valence electrons. The Morgan fingerprint density at radius 2 is 1.60 bits per heavy atom. The van der Waals surface area contributed by atoms with Gasteiger partial charge >= 0.3 is 11.9 Å². The summed E-state index contributed by atoms with van der Waals surface area (Å²) in [6, 6.07) is 8.49. The van der Waals surface area contributed by atoms with E-state index >= 15 is 0 Å². The van der Waals surface area contributed by atoms with Crippen LogP contribution in [0.1, 0.15) is 11.6 Å². The zero-order valence-electron chi connectivity index (χ0n) is 10.1. The molecule has 0 radical (unpaired) electrons.